The Bertz CT molecular complexity index is 514. The van der Waals surface area contributed by atoms with E-state index >= 15 is 0 Å². The van der Waals surface area contributed by atoms with E-state index in [2.05, 4.69) is 14.8 Å². The highest BCUT2D eigenvalue weighted by Gasteiger charge is 2.21. The first-order valence-corrected chi connectivity index (χ1v) is 8.80. The van der Waals surface area contributed by atoms with E-state index in [0.717, 1.165) is 44.3 Å². The largest absolute Gasteiger partial charge is 0.355 e. The lowest BCUT2D eigenvalue weighted by molar-refractivity contribution is -0.385. The van der Waals surface area contributed by atoms with Gasteiger partial charge in [0, 0.05) is 32.2 Å². The fourth-order valence-electron chi connectivity index (χ4n) is 3.79. The lowest BCUT2D eigenvalue weighted by atomic mass is 9.89. The summed E-state index contributed by atoms with van der Waals surface area (Å²) in [5, 5.41) is 10.7. The minimum Gasteiger partial charge on any atom is -0.355 e. The average molecular weight is 318 g/mol. The second kappa shape index (κ2) is 7.73. The van der Waals surface area contributed by atoms with Crippen LogP contribution in [0.3, 0.4) is 0 Å². The van der Waals surface area contributed by atoms with Crippen LogP contribution in [0.5, 0.6) is 0 Å². The molecule has 0 spiro atoms. The lowest BCUT2D eigenvalue weighted by Crippen LogP contribution is -2.34. The van der Waals surface area contributed by atoms with Crippen LogP contribution in [-0.2, 0) is 0 Å². The number of pyridine rings is 1. The van der Waals surface area contributed by atoms with Crippen LogP contribution < -0.4 is 4.90 Å². The summed E-state index contributed by atoms with van der Waals surface area (Å²) in [7, 11) is 0. The molecule has 0 amide bonds. The molecule has 0 unspecified atom stereocenters. The summed E-state index contributed by atoms with van der Waals surface area (Å²) in [5.41, 5.74) is 0.0579. The van der Waals surface area contributed by atoms with Crippen LogP contribution in [0, 0.1) is 16.0 Å². The maximum absolute atomic E-state index is 10.7. The highest BCUT2D eigenvalue weighted by atomic mass is 16.6. The zero-order valence-electron chi connectivity index (χ0n) is 13.7. The number of aromatic nitrogens is 1. The van der Waals surface area contributed by atoms with Crippen LogP contribution >= 0.6 is 0 Å². The molecule has 2 heterocycles. The van der Waals surface area contributed by atoms with Crippen molar-refractivity contribution in [1.82, 2.24) is 9.88 Å². The van der Waals surface area contributed by atoms with Gasteiger partial charge in [0.15, 0.2) is 0 Å². The van der Waals surface area contributed by atoms with Crippen LogP contribution in [0.2, 0.25) is 0 Å². The van der Waals surface area contributed by atoms with Crippen LogP contribution in [0.25, 0.3) is 0 Å². The predicted octanol–water partition coefficient (Wildman–Crippen LogP) is 3.08. The molecule has 0 atom stereocenters. The molecule has 6 nitrogen and oxygen atoms in total. The van der Waals surface area contributed by atoms with Gasteiger partial charge >= 0.3 is 0 Å². The Morgan fingerprint density at radius 1 is 1.09 bits per heavy atom. The summed E-state index contributed by atoms with van der Waals surface area (Å²) in [5.74, 6) is 1.74. The van der Waals surface area contributed by atoms with Crippen LogP contribution in [0.15, 0.2) is 18.3 Å². The zero-order valence-corrected chi connectivity index (χ0v) is 13.7. The summed E-state index contributed by atoms with van der Waals surface area (Å²) in [6.07, 6.45) is 9.49. The van der Waals surface area contributed by atoms with Gasteiger partial charge in [-0.1, -0.05) is 19.3 Å². The normalized spacial score (nSPS) is 21.1. The molecule has 2 aliphatic rings. The number of rotatable bonds is 4. The highest BCUT2D eigenvalue weighted by Crippen LogP contribution is 2.25. The fraction of sp³-hybridized carbons (Fsp3) is 0.706. The minimum absolute atomic E-state index is 0.0579. The summed E-state index contributed by atoms with van der Waals surface area (Å²) >= 11 is 0. The van der Waals surface area contributed by atoms with Crippen molar-refractivity contribution in [2.24, 2.45) is 5.92 Å². The maximum Gasteiger partial charge on any atom is 0.287 e. The molecule has 23 heavy (non-hydrogen) atoms. The molecule has 0 aromatic carbocycles. The van der Waals surface area contributed by atoms with E-state index in [9.17, 15) is 10.1 Å². The first-order chi connectivity index (χ1) is 11.2. The average Bonchev–Trinajstić information content (AvgIpc) is 2.81. The van der Waals surface area contributed by atoms with E-state index in [0.29, 0.717) is 0 Å². The van der Waals surface area contributed by atoms with Crippen LogP contribution in [0.1, 0.15) is 38.5 Å². The van der Waals surface area contributed by atoms with Gasteiger partial charge in [-0.05, 0) is 37.8 Å². The van der Waals surface area contributed by atoms with Gasteiger partial charge in [0.1, 0.15) is 12.0 Å². The van der Waals surface area contributed by atoms with Crippen molar-refractivity contribution in [3.8, 4) is 0 Å². The minimum atomic E-state index is -0.398. The Labute approximate surface area is 137 Å². The first-order valence-electron chi connectivity index (χ1n) is 8.80. The van der Waals surface area contributed by atoms with Gasteiger partial charge in [-0.25, -0.2) is 4.98 Å². The van der Waals surface area contributed by atoms with Gasteiger partial charge in [-0.2, -0.15) is 0 Å². The van der Waals surface area contributed by atoms with Gasteiger partial charge in [0.25, 0.3) is 5.69 Å². The molecule has 1 aliphatic carbocycles. The van der Waals surface area contributed by atoms with Crippen molar-refractivity contribution in [1.29, 1.82) is 0 Å². The Hall–Kier alpha value is -1.69. The van der Waals surface area contributed by atoms with E-state index in [-0.39, 0.29) is 5.69 Å². The molecule has 6 heteroatoms. The predicted molar refractivity (Wildman–Crippen MR) is 90.7 cm³/mol. The third-order valence-corrected chi connectivity index (χ3v) is 5.10. The molecule has 1 aliphatic heterocycles. The topological polar surface area (TPSA) is 62.5 Å². The van der Waals surface area contributed by atoms with E-state index in [1.165, 1.54) is 44.8 Å². The van der Waals surface area contributed by atoms with Gasteiger partial charge in [0.05, 0.1) is 4.92 Å². The molecular weight excluding hydrogens is 292 g/mol. The maximum atomic E-state index is 10.7. The molecule has 1 aromatic rings. The van der Waals surface area contributed by atoms with E-state index in [4.69, 9.17) is 0 Å². The number of hydrogen-bond acceptors (Lipinski definition) is 5. The number of anilines is 1. The molecule has 2 fully saturated rings. The van der Waals surface area contributed by atoms with Crippen molar-refractivity contribution in [3.05, 3.63) is 28.4 Å². The van der Waals surface area contributed by atoms with Crippen molar-refractivity contribution >= 4 is 11.5 Å². The lowest BCUT2D eigenvalue weighted by Gasteiger charge is -2.29. The number of nitro groups is 1. The van der Waals surface area contributed by atoms with Crippen LogP contribution in [-0.4, -0.2) is 47.5 Å². The summed E-state index contributed by atoms with van der Waals surface area (Å²) in [6.45, 7) is 5.39. The van der Waals surface area contributed by atoms with Gasteiger partial charge < -0.3 is 9.80 Å². The number of hydrogen-bond donors (Lipinski definition) is 0. The standard InChI is InChI=1S/C17H26N4O2/c22-21(23)16-7-8-17(18-13-16)20-10-4-9-19(11-12-20)14-15-5-2-1-3-6-15/h7-8,13,15H,1-6,9-12,14H2. The van der Waals surface area contributed by atoms with Crippen LogP contribution in [0.4, 0.5) is 11.5 Å². The molecule has 126 valence electrons. The highest BCUT2D eigenvalue weighted by molar-refractivity contribution is 5.43. The van der Waals surface area contributed by atoms with Crippen molar-refractivity contribution in [2.75, 3.05) is 37.6 Å². The van der Waals surface area contributed by atoms with E-state index < -0.39 is 4.92 Å². The molecular formula is C17H26N4O2. The summed E-state index contributed by atoms with van der Waals surface area (Å²) in [4.78, 5) is 19.4. The summed E-state index contributed by atoms with van der Waals surface area (Å²) < 4.78 is 0. The van der Waals surface area contributed by atoms with Crippen molar-refractivity contribution in [2.45, 2.75) is 38.5 Å². The van der Waals surface area contributed by atoms with Gasteiger partial charge in [-0.15, -0.1) is 0 Å². The fourth-order valence-corrected chi connectivity index (χ4v) is 3.79. The Morgan fingerprint density at radius 2 is 1.91 bits per heavy atom. The van der Waals surface area contributed by atoms with Gasteiger partial charge in [0.2, 0.25) is 0 Å². The van der Waals surface area contributed by atoms with Gasteiger partial charge in [-0.3, -0.25) is 10.1 Å². The third kappa shape index (κ3) is 4.41. The quantitative estimate of drug-likeness (QED) is 0.630. The SMILES string of the molecule is O=[N+]([O-])c1ccc(N2CCCN(CC3CCCCC3)CC2)nc1. The molecule has 0 bridgehead atoms. The molecule has 1 saturated carbocycles. The van der Waals surface area contributed by atoms with Crippen molar-refractivity contribution < 1.29 is 4.92 Å². The Kier molecular flexibility index (Phi) is 5.43. The summed E-state index contributed by atoms with van der Waals surface area (Å²) in [6, 6.07) is 3.32. The molecule has 0 N–H and O–H groups in total. The Morgan fingerprint density at radius 3 is 2.61 bits per heavy atom. The zero-order chi connectivity index (χ0) is 16.1. The Balaban J connectivity index is 1.54. The van der Waals surface area contributed by atoms with E-state index in [1.54, 1.807) is 12.1 Å². The monoisotopic (exact) mass is 318 g/mol. The molecule has 3 rings (SSSR count). The molecule has 0 radical (unpaired) electrons. The van der Waals surface area contributed by atoms with Crippen molar-refractivity contribution in [3.63, 3.8) is 0 Å². The number of nitrogens with zero attached hydrogens (tertiary/aromatic N) is 4. The van der Waals surface area contributed by atoms with E-state index in [1.807, 2.05) is 0 Å². The second-order valence-electron chi connectivity index (χ2n) is 6.78. The third-order valence-electron chi connectivity index (χ3n) is 5.10. The smallest absolute Gasteiger partial charge is 0.287 e. The molecule has 1 aromatic heterocycles. The molecule has 1 saturated heterocycles. The first kappa shape index (κ1) is 16.2. The second-order valence-corrected chi connectivity index (χ2v) is 6.78.